The smallest absolute Gasteiger partial charge is 0.356 e. The summed E-state index contributed by atoms with van der Waals surface area (Å²) in [5.74, 6) is 0.455. The van der Waals surface area contributed by atoms with Crippen LogP contribution in [0.5, 0.6) is 0 Å². The maximum Gasteiger partial charge on any atom is 0.433 e. The van der Waals surface area contributed by atoms with E-state index in [9.17, 15) is 13.2 Å². The van der Waals surface area contributed by atoms with Crippen molar-refractivity contribution in [3.8, 4) is 11.3 Å². The highest BCUT2D eigenvalue weighted by Gasteiger charge is 2.32. The molecule has 1 N–H and O–H groups in total. The summed E-state index contributed by atoms with van der Waals surface area (Å²) in [6.07, 6.45) is -3.45. The Kier molecular flexibility index (Phi) is 3.96. The molecule has 1 aromatic carbocycles. The second kappa shape index (κ2) is 6.07. The molecule has 0 spiro atoms. The number of hydrogen-bond donors (Lipinski definition) is 1. The molecule has 0 radical (unpaired) electrons. The van der Waals surface area contributed by atoms with E-state index >= 15 is 0 Å². The monoisotopic (exact) mass is 320 g/mol. The van der Waals surface area contributed by atoms with Crippen LogP contribution in [-0.4, -0.2) is 15.1 Å². The largest absolute Gasteiger partial charge is 0.433 e. The lowest BCUT2D eigenvalue weighted by Crippen LogP contribution is -2.11. The first-order chi connectivity index (χ1) is 11.0. The molecule has 0 unspecified atom stereocenters. The van der Waals surface area contributed by atoms with Crippen LogP contribution in [0.2, 0.25) is 0 Å². The van der Waals surface area contributed by atoms with Crippen LogP contribution in [0.4, 0.5) is 19.1 Å². The third-order valence-electron chi connectivity index (χ3n) is 2.99. The number of benzene rings is 1. The zero-order valence-corrected chi connectivity index (χ0v) is 11.7. The number of hydrogen-bond acceptors (Lipinski definition) is 5. The molecule has 2 heterocycles. The summed E-state index contributed by atoms with van der Waals surface area (Å²) in [5, 5.41) is 6.56. The Morgan fingerprint density at radius 2 is 1.87 bits per heavy atom. The highest BCUT2D eigenvalue weighted by atomic mass is 19.4. The molecule has 0 amide bonds. The van der Waals surface area contributed by atoms with E-state index in [0.29, 0.717) is 11.5 Å². The molecule has 23 heavy (non-hydrogen) atoms. The molecule has 0 aliphatic heterocycles. The van der Waals surface area contributed by atoms with E-state index in [2.05, 4.69) is 20.4 Å². The van der Waals surface area contributed by atoms with Gasteiger partial charge >= 0.3 is 6.18 Å². The highest BCUT2D eigenvalue weighted by Crippen LogP contribution is 2.27. The molecule has 0 saturated carbocycles. The van der Waals surface area contributed by atoms with Gasteiger partial charge in [0.15, 0.2) is 5.76 Å². The molecule has 2 aromatic heterocycles. The fraction of sp³-hybridized carbons (Fsp3) is 0.133. The van der Waals surface area contributed by atoms with E-state index in [-0.39, 0.29) is 12.5 Å². The summed E-state index contributed by atoms with van der Waals surface area (Å²) in [7, 11) is 0. The number of alkyl halides is 3. The van der Waals surface area contributed by atoms with Crippen molar-refractivity contribution in [2.75, 3.05) is 5.32 Å². The topological polar surface area (TPSA) is 63.8 Å². The number of halogens is 3. The van der Waals surface area contributed by atoms with Gasteiger partial charge in [-0.05, 0) is 6.07 Å². The zero-order chi connectivity index (χ0) is 16.3. The van der Waals surface area contributed by atoms with Gasteiger partial charge in [-0.2, -0.15) is 13.2 Å². The van der Waals surface area contributed by atoms with E-state index in [4.69, 9.17) is 4.52 Å². The summed E-state index contributed by atoms with van der Waals surface area (Å²) in [6, 6.07) is 11.9. The second-order valence-electron chi connectivity index (χ2n) is 4.67. The molecule has 0 fully saturated rings. The molecule has 0 atom stereocenters. The number of nitrogens with zero attached hydrogens (tertiary/aromatic N) is 3. The summed E-state index contributed by atoms with van der Waals surface area (Å²) < 4.78 is 42.9. The van der Waals surface area contributed by atoms with Crippen LogP contribution in [0.15, 0.2) is 53.2 Å². The van der Waals surface area contributed by atoms with Crippen molar-refractivity contribution in [3.05, 3.63) is 60.0 Å². The first-order valence-electron chi connectivity index (χ1n) is 6.67. The lowest BCUT2D eigenvalue weighted by atomic mass is 10.2. The van der Waals surface area contributed by atoms with Gasteiger partial charge in [-0.25, -0.2) is 9.97 Å². The maximum atomic E-state index is 12.6. The normalized spacial score (nSPS) is 11.4. The van der Waals surface area contributed by atoms with Gasteiger partial charge in [-0.3, -0.25) is 0 Å². The van der Waals surface area contributed by atoms with Crippen molar-refractivity contribution in [3.63, 3.8) is 0 Å². The van der Waals surface area contributed by atoms with Gasteiger partial charge in [0.25, 0.3) is 0 Å². The van der Waals surface area contributed by atoms with Crippen LogP contribution < -0.4 is 5.32 Å². The Labute approximate surface area is 129 Å². The predicted octanol–water partition coefficient (Wildman–Crippen LogP) is 3.76. The van der Waals surface area contributed by atoms with Gasteiger partial charge in [-0.1, -0.05) is 35.5 Å². The van der Waals surface area contributed by atoms with E-state index in [1.54, 1.807) is 6.07 Å². The molecule has 0 aliphatic rings. The van der Waals surface area contributed by atoms with Crippen molar-refractivity contribution < 1.29 is 17.7 Å². The minimum absolute atomic E-state index is 0.121. The van der Waals surface area contributed by atoms with Gasteiger partial charge in [0, 0.05) is 17.8 Å². The molecule has 0 saturated heterocycles. The van der Waals surface area contributed by atoms with Crippen molar-refractivity contribution in [1.29, 1.82) is 0 Å². The van der Waals surface area contributed by atoms with Crippen molar-refractivity contribution in [1.82, 2.24) is 15.1 Å². The number of rotatable bonds is 4. The highest BCUT2D eigenvalue weighted by molar-refractivity contribution is 5.57. The van der Waals surface area contributed by atoms with Crippen LogP contribution in [0.3, 0.4) is 0 Å². The van der Waals surface area contributed by atoms with Crippen LogP contribution >= 0.6 is 0 Å². The van der Waals surface area contributed by atoms with Gasteiger partial charge < -0.3 is 9.84 Å². The molecular weight excluding hydrogens is 309 g/mol. The fourth-order valence-electron chi connectivity index (χ4n) is 1.90. The number of nitrogens with one attached hydrogen (secondary N) is 1. The summed E-state index contributed by atoms with van der Waals surface area (Å²) in [5.41, 5.74) is 0.395. The molecule has 118 valence electrons. The minimum atomic E-state index is -4.51. The molecule has 8 heteroatoms. The Bertz CT molecular complexity index is 787. The second-order valence-corrected chi connectivity index (χ2v) is 4.67. The Morgan fingerprint density at radius 1 is 1.09 bits per heavy atom. The Hall–Kier alpha value is -2.90. The van der Waals surface area contributed by atoms with Crippen LogP contribution in [-0.2, 0) is 12.7 Å². The third-order valence-corrected chi connectivity index (χ3v) is 2.99. The molecular formula is C15H11F3N4O. The van der Waals surface area contributed by atoms with E-state index in [0.717, 1.165) is 17.8 Å². The summed E-state index contributed by atoms with van der Waals surface area (Å²) in [6.45, 7) is 0.150. The van der Waals surface area contributed by atoms with E-state index in [1.165, 1.54) is 0 Å². The molecule has 0 aliphatic carbocycles. The number of aromatic nitrogens is 3. The molecule has 3 rings (SSSR count). The quantitative estimate of drug-likeness (QED) is 0.793. The van der Waals surface area contributed by atoms with Crippen molar-refractivity contribution >= 4 is 5.95 Å². The lowest BCUT2D eigenvalue weighted by Gasteiger charge is -2.07. The van der Waals surface area contributed by atoms with Crippen molar-refractivity contribution in [2.24, 2.45) is 0 Å². The van der Waals surface area contributed by atoms with Crippen molar-refractivity contribution in [2.45, 2.75) is 12.7 Å². The third kappa shape index (κ3) is 3.65. The molecule has 5 nitrogen and oxygen atoms in total. The summed E-state index contributed by atoms with van der Waals surface area (Å²) in [4.78, 5) is 7.17. The van der Waals surface area contributed by atoms with E-state index in [1.807, 2.05) is 30.3 Å². The Morgan fingerprint density at radius 3 is 2.61 bits per heavy atom. The number of anilines is 1. The molecule has 0 bridgehead atoms. The predicted molar refractivity (Wildman–Crippen MR) is 76.3 cm³/mol. The van der Waals surface area contributed by atoms with Gasteiger partial charge in [0.2, 0.25) is 5.95 Å². The maximum absolute atomic E-state index is 12.6. The van der Waals surface area contributed by atoms with Gasteiger partial charge in [0.05, 0.1) is 6.54 Å². The first-order valence-corrected chi connectivity index (χ1v) is 6.67. The lowest BCUT2D eigenvalue weighted by molar-refractivity contribution is -0.141. The standard InChI is InChI=1S/C15H11F3N4O/c16-15(17,18)13-6-7-19-14(21-13)20-9-11-8-12(23-22-11)10-4-2-1-3-5-10/h1-8H,9H2,(H,19,20,21). The fourth-order valence-corrected chi connectivity index (χ4v) is 1.90. The summed E-state index contributed by atoms with van der Waals surface area (Å²) >= 11 is 0. The molecule has 3 aromatic rings. The zero-order valence-electron chi connectivity index (χ0n) is 11.7. The van der Waals surface area contributed by atoms with Crippen LogP contribution in [0, 0.1) is 0 Å². The SMILES string of the molecule is FC(F)(F)c1ccnc(NCc2cc(-c3ccccc3)on2)n1. The Balaban J connectivity index is 1.69. The van der Waals surface area contributed by atoms with E-state index < -0.39 is 11.9 Å². The van der Waals surface area contributed by atoms with Crippen LogP contribution in [0.25, 0.3) is 11.3 Å². The average molecular weight is 320 g/mol. The van der Waals surface area contributed by atoms with Crippen LogP contribution in [0.1, 0.15) is 11.4 Å². The first kappa shape index (κ1) is 15.0. The minimum Gasteiger partial charge on any atom is -0.356 e. The van der Waals surface area contributed by atoms with Gasteiger partial charge in [0.1, 0.15) is 11.4 Å². The van der Waals surface area contributed by atoms with Gasteiger partial charge in [-0.15, -0.1) is 0 Å². The average Bonchev–Trinajstić information content (AvgIpc) is 3.02.